The fourth-order valence-corrected chi connectivity index (χ4v) is 3.28. The van der Waals surface area contributed by atoms with E-state index < -0.39 is 24.1 Å². The van der Waals surface area contributed by atoms with Gasteiger partial charge >= 0.3 is 6.16 Å². The first-order valence-electron chi connectivity index (χ1n) is 10.6. The molecule has 9 heteroatoms. The summed E-state index contributed by atoms with van der Waals surface area (Å²) in [5.74, 6) is -0.871. The van der Waals surface area contributed by atoms with Gasteiger partial charge in [-0.05, 0) is 54.5 Å². The van der Waals surface area contributed by atoms with E-state index in [4.69, 9.17) is 20.0 Å². The Morgan fingerprint density at radius 2 is 1.56 bits per heavy atom. The van der Waals surface area contributed by atoms with Crippen molar-refractivity contribution in [3.63, 3.8) is 0 Å². The average molecular weight is 476 g/mol. The van der Waals surface area contributed by atoms with Crippen molar-refractivity contribution in [1.29, 1.82) is 0 Å². The zero-order valence-corrected chi connectivity index (χ0v) is 19.0. The van der Waals surface area contributed by atoms with Crippen molar-refractivity contribution in [3.05, 3.63) is 89.4 Å². The largest absolute Gasteiger partial charge is 0.503 e. The SMILES string of the molecule is CC[C@H](O)/C(F)=C/N1C(C(C)C)=NC(c2ccc(F)cc2)=CC1c1ccc(F)cc1.O=C(O)O. The predicted octanol–water partition coefficient (Wildman–Crippen LogP) is 6.22. The normalized spacial score (nSPS) is 16.9. The van der Waals surface area contributed by atoms with Crippen LogP contribution in [0.15, 0.2) is 71.6 Å². The summed E-state index contributed by atoms with van der Waals surface area (Å²) < 4.78 is 41.5. The van der Waals surface area contributed by atoms with E-state index >= 15 is 0 Å². The molecular formula is C25H27F3N2O4. The Morgan fingerprint density at radius 1 is 1.06 bits per heavy atom. The van der Waals surface area contributed by atoms with Crippen LogP contribution in [0.25, 0.3) is 5.70 Å². The first-order chi connectivity index (χ1) is 16.0. The van der Waals surface area contributed by atoms with E-state index in [1.54, 1.807) is 36.1 Å². The molecule has 182 valence electrons. The van der Waals surface area contributed by atoms with Crippen molar-refractivity contribution >= 4 is 17.7 Å². The van der Waals surface area contributed by atoms with Crippen molar-refractivity contribution in [3.8, 4) is 0 Å². The number of carboxylic acid groups (broad SMARTS) is 2. The molecule has 0 aliphatic carbocycles. The minimum Gasteiger partial charge on any atom is -0.450 e. The number of carbonyl (C=O) groups is 1. The van der Waals surface area contributed by atoms with E-state index in [1.165, 1.54) is 30.5 Å². The van der Waals surface area contributed by atoms with Crippen LogP contribution >= 0.6 is 0 Å². The van der Waals surface area contributed by atoms with E-state index in [0.717, 1.165) is 11.1 Å². The number of aliphatic hydroxyl groups excluding tert-OH is 1. The first kappa shape index (κ1) is 26.7. The Morgan fingerprint density at radius 3 is 2.03 bits per heavy atom. The number of aliphatic imine (C=N–C) groups is 1. The molecule has 0 radical (unpaired) electrons. The molecule has 1 aliphatic rings. The number of hydrogen-bond acceptors (Lipinski definition) is 4. The molecule has 0 saturated carbocycles. The summed E-state index contributed by atoms with van der Waals surface area (Å²) in [7, 11) is 0. The number of aliphatic hydroxyl groups is 1. The molecule has 0 fully saturated rings. The van der Waals surface area contributed by atoms with Gasteiger partial charge in [-0.25, -0.2) is 23.0 Å². The van der Waals surface area contributed by atoms with Crippen LogP contribution in [-0.2, 0) is 0 Å². The third-order valence-corrected chi connectivity index (χ3v) is 4.95. The molecule has 1 aliphatic heterocycles. The van der Waals surface area contributed by atoms with Crippen LogP contribution in [0.4, 0.5) is 18.0 Å². The number of amidine groups is 1. The Balaban J connectivity index is 0.000000945. The fraction of sp³-hybridized carbons (Fsp3) is 0.280. The van der Waals surface area contributed by atoms with E-state index in [0.29, 0.717) is 11.5 Å². The summed E-state index contributed by atoms with van der Waals surface area (Å²) >= 11 is 0. The van der Waals surface area contributed by atoms with Gasteiger partial charge in [0, 0.05) is 17.7 Å². The minimum atomic E-state index is -1.83. The number of nitrogens with zero attached hydrogens (tertiary/aromatic N) is 2. The van der Waals surface area contributed by atoms with Crippen LogP contribution in [0.2, 0.25) is 0 Å². The van der Waals surface area contributed by atoms with Gasteiger partial charge in [-0.15, -0.1) is 0 Å². The van der Waals surface area contributed by atoms with Gasteiger partial charge in [0.15, 0.2) is 0 Å². The average Bonchev–Trinajstić information content (AvgIpc) is 2.79. The maximum absolute atomic E-state index is 14.6. The van der Waals surface area contributed by atoms with E-state index in [2.05, 4.69) is 0 Å². The maximum atomic E-state index is 14.6. The van der Waals surface area contributed by atoms with Gasteiger partial charge in [0.25, 0.3) is 0 Å². The number of rotatable bonds is 6. The minimum absolute atomic E-state index is 0.0695. The standard InChI is InChI=1S/C24H25F3N2O.CH2O3/c1-4-23(30)20(27)14-29-22(17-7-11-19(26)12-8-17)13-21(28-24(29)15(2)3)16-5-9-18(25)10-6-16;2-1(3)4/h5-15,22-23,30H,4H2,1-3H3;(H2,2,3,4)/b20-14-;/t22?,23-;/m0./s1. The lowest BCUT2D eigenvalue weighted by molar-refractivity contribution is 0.137. The summed E-state index contributed by atoms with van der Waals surface area (Å²) in [6.45, 7) is 5.56. The second-order valence-electron chi connectivity index (χ2n) is 7.81. The smallest absolute Gasteiger partial charge is 0.450 e. The zero-order valence-electron chi connectivity index (χ0n) is 19.0. The molecule has 34 heavy (non-hydrogen) atoms. The van der Waals surface area contributed by atoms with Crippen LogP contribution in [0.5, 0.6) is 0 Å². The van der Waals surface area contributed by atoms with Gasteiger partial charge in [-0.3, -0.25) is 0 Å². The van der Waals surface area contributed by atoms with Gasteiger partial charge in [0.05, 0.1) is 11.7 Å². The highest BCUT2D eigenvalue weighted by Gasteiger charge is 2.29. The van der Waals surface area contributed by atoms with Gasteiger partial charge in [-0.2, -0.15) is 0 Å². The molecule has 0 saturated heterocycles. The predicted molar refractivity (Wildman–Crippen MR) is 124 cm³/mol. The molecule has 2 atom stereocenters. The molecule has 0 bridgehead atoms. The van der Waals surface area contributed by atoms with Crippen LogP contribution in [0.3, 0.4) is 0 Å². The molecular weight excluding hydrogens is 449 g/mol. The molecule has 3 N–H and O–H groups in total. The third kappa shape index (κ3) is 7.21. The third-order valence-electron chi connectivity index (χ3n) is 4.95. The molecule has 2 aromatic carbocycles. The Bertz CT molecular complexity index is 1060. The van der Waals surface area contributed by atoms with Crippen molar-refractivity contribution < 1.29 is 33.3 Å². The monoisotopic (exact) mass is 476 g/mol. The Labute approximate surface area is 196 Å². The molecule has 1 heterocycles. The summed E-state index contributed by atoms with van der Waals surface area (Å²) in [6.07, 6.45) is 0.282. The molecule has 0 spiro atoms. The van der Waals surface area contributed by atoms with Crippen LogP contribution < -0.4 is 0 Å². The highest BCUT2D eigenvalue weighted by atomic mass is 19.1. The highest BCUT2D eigenvalue weighted by Crippen LogP contribution is 2.35. The lowest BCUT2D eigenvalue weighted by atomic mass is 9.97. The summed E-state index contributed by atoms with van der Waals surface area (Å²) in [4.78, 5) is 14.9. The lowest BCUT2D eigenvalue weighted by Gasteiger charge is -2.36. The second-order valence-corrected chi connectivity index (χ2v) is 7.81. The first-order valence-corrected chi connectivity index (χ1v) is 10.6. The Hall–Kier alpha value is -3.59. The fourth-order valence-electron chi connectivity index (χ4n) is 3.28. The van der Waals surface area contributed by atoms with Gasteiger partial charge in [0.1, 0.15) is 29.4 Å². The number of hydrogen-bond donors (Lipinski definition) is 3. The van der Waals surface area contributed by atoms with E-state index in [9.17, 15) is 18.3 Å². The van der Waals surface area contributed by atoms with E-state index in [1.807, 2.05) is 19.9 Å². The van der Waals surface area contributed by atoms with Crippen molar-refractivity contribution in [1.82, 2.24) is 4.90 Å². The molecule has 0 aromatic heterocycles. The molecule has 3 rings (SSSR count). The van der Waals surface area contributed by atoms with Crippen LogP contribution in [0, 0.1) is 17.6 Å². The van der Waals surface area contributed by atoms with Gasteiger partial charge in [-0.1, -0.05) is 32.9 Å². The van der Waals surface area contributed by atoms with Gasteiger partial charge < -0.3 is 20.2 Å². The number of benzene rings is 2. The second kappa shape index (κ2) is 12.0. The number of halogens is 3. The topological polar surface area (TPSA) is 93.4 Å². The zero-order chi connectivity index (χ0) is 25.4. The van der Waals surface area contributed by atoms with Gasteiger partial charge in [0.2, 0.25) is 0 Å². The van der Waals surface area contributed by atoms with Crippen LogP contribution in [-0.4, -0.2) is 38.3 Å². The highest BCUT2D eigenvalue weighted by molar-refractivity contribution is 5.93. The quantitative estimate of drug-likeness (QED) is 0.460. The van der Waals surface area contributed by atoms with Crippen molar-refractivity contribution in [2.75, 3.05) is 0 Å². The van der Waals surface area contributed by atoms with Crippen LogP contribution in [0.1, 0.15) is 44.4 Å². The molecule has 2 aromatic rings. The maximum Gasteiger partial charge on any atom is 0.503 e. The molecule has 0 amide bonds. The molecule has 1 unspecified atom stereocenters. The lowest BCUT2D eigenvalue weighted by Crippen LogP contribution is -2.36. The van der Waals surface area contributed by atoms with Crippen molar-refractivity contribution in [2.24, 2.45) is 10.9 Å². The van der Waals surface area contributed by atoms with Crippen molar-refractivity contribution in [2.45, 2.75) is 39.3 Å². The summed E-state index contributed by atoms with van der Waals surface area (Å²) in [5, 5.41) is 23.9. The molecule has 6 nitrogen and oxygen atoms in total. The Kier molecular flexibility index (Phi) is 9.44. The summed E-state index contributed by atoms with van der Waals surface area (Å²) in [5.41, 5.74) is 2.08. The van der Waals surface area contributed by atoms with E-state index in [-0.39, 0.29) is 24.0 Å². The summed E-state index contributed by atoms with van der Waals surface area (Å²) in [6, 6.07) is 11.5.